The van der Waals surface area contributed by atoms with Crippen LogP contribution in [0.25, 0.3) is 0 Å². The second-order valence-corrected chi connectivity index (χ2v) is 4.65. The minimum atomic E-state index is 0.0563. The van der Waals surface area contributed by atoms with Crippen molar-refractivity contribution in [3.63, 3.8) is 0 Å². The van der Waals surface area contributed by atoms with Gasteiger partial charge in [0, 0.05) is 17.0 Å². The number of nitrogens with two attached hydrogens (primary N) is 1. The van der Waals surface area contributed by atoms with Gasteiger partial charge in [-0.2, -0.15) is 0 Å². The van der Waals surface area contributed by atoms with Crippen LogP contribution in [0.3, 0.4) is 0 Å². The molecule has 1 aliphatic rings. The fraction of sp³-hybridized carbons (Fsp3) is 0.538. The molecule has 1 heterocycles. The van der Waals surface area contributed by atoms with E-state index in [0.29, 0.717) is 0 Å². The molecule has 0 saturated carbocycles. The predicted octanol–water partition coefficient (Wildman–Crippen LogP) is 1.70. The highest BCUT2D eigenvalue weighted by atomic mass is 16.5. The molecule has 16 heavy (non-hydrogen) atoms. The van der Waals surface area contributed by atoms with E-state index < -0.39 is 0 Å². The summed E-state index contributed by atoms with van der Waals surface area (Å²) in [4.78, 5) is 0. The Morgan fingerprint density at radius 1 is 1.44 bits per heavy atom. The topological polar surface area (TPSA) is 44.5 Å². The quantitative estimate of drug-likeness (QED) is 0.841. The Labute approximate surface area is 96.5 Å². The summed E-state index contributed by atoms with van der Waals surface area (Å²) in [6, 6.07) is 8.31. The molecule has 0 aliphatic carbocycles. The predicted molar refractivity (Wildman–Crippen MR) is 63.8 cm³/mol. The average Bonchev–Trinajstić information content (AvgIpc) is 2.23. The maximum absolute atomic E-state index is 5.92. The first-order chi connectivity index (χ1) is 7.68. The van der Waals surface area contributed by atoms with Gasteiger partial charge in [0.1, 0.15) is 5.75 Å². The fourth-order valence-corrected chi connectivity index (χ4v) is 2.43. The van der Waals surface area contributed by atoms with Gasteiger partial charge in [-0.25, -0.2) is 0 Å². The van der Waals surface area contributed by atoms with Gasteiger partial charge in [-0.15, -0.1) is 0 Å². The van der Waals surface area contributed by atoms with Gasteiger partial charge in [0.25, 0.3) is 0 Å². The van der Waals surface area contributed by atoms with Crippen LogP contribution in [0.1, 0.15) is 18.9 Å². The Hall–Kier alpha value is -1.06. The zero-order chi connectivity index (χ0) is 11.6. The first-order valence-corrected chi connectivity index (χ1v) is 5.65. The summed E-state index contributed by atoms with van der Waals surface area (Å²) in [6.07, 6.45) is 0.938. The van der Waals surface area contributed by atoms with E-state index in [0.717, 1.165) is 25.4 Å². The lowest BCUT2D eigenvalue weighted by atomic mass is 9.73. The van der Waals surface area contributed by atoms with Gasteiger partial charge >= 0.3 is 0 Å². The Bertz CT molecular complexity index is 359. The van der Waals surface area contributed by atoms with Crippen molar-refractivity contribution in [2.75, 3.05) is 20.3 Å². The van der Waals surface area contributed by atoms with Crippen LogP contribution in [0, 0.1) is 0 Å². The van der Waals surface area contributed by atoms with Gasteiger partial charge in [0.05, 0.1) is 20.3 Å². The summed E-state index contributed by atoms with van der Waals surface area (Å²) >= 11 is 0. The Kier molecular flexibility index (Phi) is 3.17. The first-order valence-electron chi connectivity index (χ1n) is 5.65. The third kappa shape index (κ3) is 1.93. The molecule has 1 aromatic rings. The molecular weight excluding hydrogens is 202 g/mol. The van der Waals surface area contributed by atoms with Gasteiger partial charge in [-0.3, -0.25) is 0 Å². The Morgan fingerprint density at radius 2 is 2.12 bits per heavy atom. The van der Waals surface area contributed by atoms with E-state index in [1.807, 2.05) is 25.1 Å². The molecule has 2 N–H and O–H groups in total. The van der Waals surface area contributed by atoms with E-state index in [1.165, 1.54) is 5.56 Å². The number of para-hydroxylation sites is 1. The largest absolute Gasteiger partial charge is 0.496 e. The molecule has 1 aromatic carbocycles. The van der Waals surface area contributed by atoms with Crippen LogP contribution in [0.4, 0.5) is 0 Å². The zero-order valence-electron chi connectivity index (χ0n) is 9.90. The SMILES string of the molecule is COc1ccccc1C1(CC(C)N)COC1. The van der Waals surface area contributed by atoms with Gasteiger partial charge in [0.15, 0.2) is 0 Å². The van der Waals surface area contributed by atoms with Crippen LogP contribution in [-0.4, -0.2) is 26.4 Å². The van der Waals surface area contributed by atoms with E-state index in [-0.39, 0.29) is 11.5 Å². The van der Waals surface area contributed by atoms with Crippen molar-refractivity contribution in [1.82, 2.24) is 0 Å². The lowest BCUT2D eigenvalue weighted by Gasteiger charge is -2.43. The van der Waals surface area contributed by atoms with Crippen molar-refractivity contribution in [3.05, 3.63) is 29.8 Å². The Balaban J connectivity index is 2.32. The van der Waals surface area contributed by atoms with Crippen molar-refractivity contribution in [2.24, 2.45) is 5.73 Å². The molecule has 0 aromatic heterocycles. The van der Waals surface area contributed by atoms with Crippen LogP contribution in [0.15, 0.2) is 24.3 Å². The van der Waals surface area contributed by atoms with Crippen LogP contribution in [0.2, 0.25) is 0 Å². The van der Waals surface area contributed by atoms with Crippen LogP contribution < -0.4 is 10.5 Å². The Morgan fingerprint density at radius 3 is 2.62 bits per heavy atom. The third-order valence-corrected chi connectivity index (χ3v) is 3.15. The molecule has 1 unspecified atom stereocenters. The van der Waals surface area contributed by atoms with Crippen molar-refractivity contribution >= 4 is 0 Å². The van der Waals surface area contributed by atoms with Gasteiger partial charge in [-0.05, 0) is 19.4 Å². The second kappa shape index (κ2) is 4.44. The molecular formula is C13H19NO2. The summed E-state index contributed by atoms with van der Waals surface area (Å²) in [7, 11) is 1.71. The summed E-state index contributed by atoms with van der Waals surface area (Å²) < 4.78 is 10.8. The molecule has 1 fully saturated rings. The average molecular weight is 221 g/mol. The molecule has 0 amide bonds. The van der Waals surface area contributed by atoms with Crippen molar-refractivity contribution in [2.45, 2.75) is 24.8 Å². The summed E-state index contributed by atoms with van der Waals surface area (Å²) in [6.45, 7) is 3.53. The molecule has 0 spiro atoms. The zero-order valence-corrected chi connectivity index (χ0v) is 9.90. The van der Waals surface area contributed by atoms with Gasteiger partial charge < -0.3 is 15.2 Å². The molecule has 0 bridgehead atoms. The highest BCUT2D eigenvalue weighted by Gasteiger charge is 2.42. The van der Waals surface area contributed by atoms with E-state index in [4.69, 9.17) is 15.2 Å². The highest BCUT2D eigenvalue weighted by molar-refractivity contribution is 5.41. The van der Waals surface area contributed by atoms with E-state index in [2.05, 4.69) is 6.07 Å². The number of methoxy groups -OCH3 is 1. The summed E-state index contributed by atoms with van der Waals surface area (Å²) in [5, 5.41) is 0. The standard InChI is InChI=1S/C13H19NO2/c1-10(14)7-13(8-16-9-13)11-5-3-4-6-12(11)15-2/h3-6,10H,7-9,14H2,1-2H3. The smallest absolute Gasteiger partial charge is 0.122 e. The monoisotopic (exact) mass is 221 g/mol. The summed E-state index contributed by atoms with van der Waals surface area (Å²) in [5.41, 5.74) is 7.20. The number of rotatable bonds is 4. The second-order valence-electron chi connectivity index (χ2n) is 4.65. The van der Waals surface area contributed by atoms with E-state index in [1.54, 1.807) is 7.11 Å². The number of benzene rings is 1. The molecule has 3 heteroatoms. The number of hydrogen-bond acceptors (Lipinski definition) is 3. The van der Waals surface area contributed by atoms with Crippen molar-refractivity contribution in [1.29, 1.82) is 0 Å². The number of hydrogen-bond donors (Lipinski definition) is 1. The minimum absolute atomic E-state index is 0.0563. The minimum Gasteiger partial charge on any atom is -0.496 e. The lowest BCUT2D eigenvalue weighted by molar-refractivity contribution is -0.0674. The first kappa shape index (κ1) is 11.4. The maximum atomic E-state index is 5.92. The molecule has 3 nitrogen and oxygen atoms in total. The van der Waals surface area contributed by atoms with Crippen LogP contribution in [0.5, 0.6) is 5.75 Å². The van der Waals surface area contributed by atoms with E-state index in [9.17, 15) is 0 Å². The molecule has 88 valence electrons. The van der Waals surface area contributed by atoms with E-state index >= 15 is 0 Å². The molecule has 1 saturated heterocycles. The molecule has 0 radical (unpaired) electrons. The van der Waals surface area contributed by atoms with Crippen LogP contribution >= 0.6 is 0 Å². The van der Waals surface area contributed by atoms with Gasteiger partial charge in [-0.1, -0.05) is 18.2 Å². The molecule has 1 atom stereocenters. The maximum Gasteiger partial charge on any atom is 0.122 e. The van der Waals surface area contributed by atoms with Crippen LogP contribution in [-0.2, 0) is 10.2 Å². The van der Waals surface area contributed by atoms with Crippen molar-refractivity contribution in [3.8, 4) is 5.75 Å². The number of ether oxygens (including phenoxy) is 2. The fourth-order valence-electron chi connectivity index (χ4n) is 2.43. The molecule has 1 aliphatic heterocycles. The third-order valence-electron chi connectivity index (χ3n) is 3.15. The highest BCUT2D eigenvalue weighted by Crippen LogP contribution is 2.41. The van der Waals surface area contributed by atoms with Crippen molar-refractivity contribution < 1.29 is 9.47 Å². The van der Waals surface area contributed by atoms with Gasteiger partial charge in [0.2, 0.25) is 0 Å². The normalized spacial score (nSPS) is 19.9. The lowest BCUT2D eigenvalue weighted by Crippen LogP contribution is -2.49. The molecule has 2 rings (SSSR count). The summed E-state index contributed by atoms with van der Waals surface area (Å²) in [5.74, 6) is 0.937.